The lowest BCUT2D eigenvalue weighted by Gasteiger charge is -2.35. The van der Waals surface area contributed by atoms with Crippen LogP contribution in [0.25, 0.3) is 22.0 Å². The van der Waals surface area contributed by atoms with Crippen molar-refractivity contribution in [2.75, 3.05) is 13.2 Å². The van der Waals surface area contributed by atoms with Crippen LogP contribution in [0.5, 0.6) is 0 Å². The molecule has 6 nitrogen and oxygen atoms in total. The number of likely N-dealkylation sites (tertiary alicyclic amines) is 1. The van der Waals surface area contributed by atoms with Crippen LogP contribution in [0, 0.1) is 0 Å². The summed E-state index contributed by atoms with van der Waals surface area (Å²) in [7, 11) is 0. The maximum Gasteiger partial charge on any atom is 0.340 e. The van der Waals surface area contributed by atoms with Gasteiger partial charge in [-0.15, -0.1) is 0 Å². The first-order valence-electron chi connectivity index (χ1n) is 11.2. The predicted molar refractivity (Wildman–Crippen MR) is 125 cm³/mol. The third kappa shape index (κ3) is 4.65. The van der Waals surface area contributed by atoms with E-state index in [1.54, 1.807) is 0 Å². The molecule has 1 saturated heterocycles. The van der Waals surface area contributed by atoms with Crippen molar-refractivity contribution < 1.29 is 14.3 Å². The van der Waals surface area contributed by atoms with Crippen LogP contribution < -0.4 is 5.73 Å². The van der Waals surface area contributed by atoms with Crippen LogP contribution in [-0.2, 0) is 16.1 Å². The lowest BCUT2D eigenvalue weighted by Crippen LogP contribution is -2.41. The van der Waals surface area contributed by atoms with Crippen LogP contribution in [0.3, 0.4) is 0 Å². The predicted octanol–water partition coefficient (Wildman–Crippen LogP) is 4.31. The number of aromatic nitrogens is 1. The van der Waals surface area contributed by atoms with E-state index in [0.717, 1.165) is 47.8 Å². The van der Waals surface area contributed by atoms with Crippen LogP contribution in [0.2, 0.25) is 0 Å². The Bertz CT molecular complexity index is 1110. The Labute approximate surface area is 188 Å². The van der Waals surface area contributed by atoms with E-state index in [0.29, 0.717) is 24.2 Å². The average molecular weight is 432 g/mol. The van der Waals surface area contributed by atoms with Crippen molar-refractivity contribution in [3.05, 3.63) is 65.9 Å². The van der Waals surface area contributed by atoms with Gasteiger partial charge in [-0.25, -0.2) is 4.79 Å². The second kappa shape index (κ2) is 9.92. The largest absolute Gasteiger partial charge is 0.462 e. The molecule has 1 aliphatic heterocycles. The molecule has 166 valence electrons. The van der Waals surface area contributed by atoms with Gasteiger partial charge in [0, 0.05) is 30.0 Å². The Morgan fingerprint density at radius 2 is 1.84 bits per heavy atom. The standard InChI is InChI=1S/C26H29N3O3/c1-2-32-26(31)25-22(17-29-15-9-8-12-19(29)16-23(27)30)28-21-14-7-6-13-20(21)24(25)18-10-4-3-5-11-18/h3-7,10-11,13-14,19H,2,8-9,12,15-17H2,1H3,(H2,27,30). The molecule has 1 unspecified atom stereocenters. The number of para-hydroxylation sites is 1. The lowest BCUT2D eigenvalue weighted by molar-refractivity contribution is -0.119. The minimum atomic E-state index is -0.372. The molecule has 1 aliphatic rings. The van der Waals surface area contributed by atoms with Gasteiger partial charge in [0.05, 0.1) is 23.4 Å². The van der Waals surface area contributed by atoms with Crippen molar-refractivity contribution in [3.8, 4) is 11.1 Å². The van der Waals surface area contributed by atoms with Crippen molar-refractivity contribution in [2.24, 2.45) is 5.73 Å². The van der Waals surface area contributed by atoms with E-state index in [9.17, 15) is 9.59 Å². The number of benzene rings is 2. The number of hydrogen-bond acceptors (Lipinski definition) is 5. The Balaban J connectivity index is 1.88. The van der Waals surface area contributed by atoms with E-state index < -0.39 is 0 Å². The maximum atomic E-state index is 13.2. The Kier molecular flexibility index (Phi) is 6.81. The monoisotopic (exact) mass is 431 g/mol. The molecule has 2 N–H and O–H groups in total. The first-order chi connectivity index (χ1) is 15.6. The number of amides is 1. The van der Waals surface area contributed by atoms with Crippen LogP contribution in [0.1, 0.15) is 48.7 Å². The van der Waals surface area contributed by atoms with E-state index in [-0.39, 0.29) is 24.5 Å². The minimum absolute atomic E-state index is 0.0599. The summed E-state index contributed by atoms with van der Waals surface area (Å²) >= 11 is 0. The number of fused-ring (bicyclic) bond motifs is 1. The van der Waals surface area contributed by atoms with Gasteiger partial charge in [-0.3, -0.25) is 14.7 Å². The molecular weight excluding hydrogens is 402 g/mol. The topological polar surface area (TPSA) is 85.5 Å². The number of esters is 1. The second-order valence-corrected chi connectivity index (χ2v) is 8.20. The SMILES string of the molecule is CCOC(=O)c1c(CN2CCCCC2CC(N)=O)nc2ccccc2c1-c1ccccc1. The summed E-state index contributed by atoms with van der Waals surface area (Å²) in [5.74, 6) is -0.674. The summed E-state index contributed by atoms with van der Waals surface area (Å²) in [5.41, 5.74) is 9.31. The zero-order valence-corrected chi connectivity index (χ0v) is 18.4. The molecule has 1 amide bonds. The van der Waals surface area contributed by atoms with Gasteiger partial charge in [-0.05, 0) is 37.9 Å². The molecule has 0 radical (unpaired) electrons. The molecule has 1 fully saturated rings. The highest BCUT2D eigenvalue weighted by molar-refractivity contribution is 6.07. The number of nitrogens with two attached hydrogens (primary N) is 1. The second-order valence-electron chi connectivity index (χ2n) is 8.20. The Morgan fingerprint density at radius 3 is 2.59 bits per heavy atom. The van der Waals surface area contributed by atoms with Crippen LogP contribution in [0.4, 0.5) is 0 Å². The molecular formula is C26H29N3O3. The number of ether oxygens (including phenoxy) is 1. The van der Waals surface area contributed by atoms with Crippen LogP contribution in [0.15, 0.2) is 54.6 Å². The number of pyridine rings is 1. The minimum Gasteiger partial charge on any atom is -0.462 e. The molecule has 2 heterocycles. The maximum absolute atomic E-state index is 13.2. The van der Waals surface area contributed by atoms with Gasteiger partial charge in [-0.2, -0.15) is 0 Å². The van der Waals surface area contributed by atoms with Gasteiger partial charge in [-0.1, -0.05) is 55.0 Å². The average Bonchev–Trinajstić information content (AvgIpc) is 2.80. The molecule has 0 spiro atoms. The number of carbonyl (C=O) groups excluding carboxylic acids is 2. The zero-order chi connectivity index (χ0) is 22.5. The van der Waals surface area contributed by atoms with Crippen molar-refractivity contribution in [3.63, 3.8) is 0 Å². The summed E-state index contributed by atoms with van der Waals surface area (Å²) in [6.07, 6.45) is 3.34. The number of primary amides is 1. The summed E-state index contributed by atoms with van der Waals surface area (Å²) in [6.45, 7) is 3.40. The molecule has 0 bridgehead atoms. The number of nitrogens with zero attached hydrogens (tertiary/aromatic N) is 2. The number of carbonyl (C=O) groups is 2. The highest BCUT2D eigenvalue weighted by Crippen LogP contribution is 2.35. The van der Waals surface area contributed by atoms with Gasteiger partial charge in [0.1, 0.15) is 0 Å². The van der Waals surface area contributed by atoms with Crippen molar-refractivity contribution in [1.82, 2.24) is 9.88 Å². The molecule has 0 saturated carbocycles. The number of piperidine rings is 1. The molecule has 1 atom stereocenters. The van der Waals surface area contributed by atoms with E-state index in [1.165, 1.54) is 0 Å². The normalized spacial score (nSPS) is 16.7. The van der Waals surface area contributed by atoms with Gasteiger partial charge < -0.3 is 10.5 Å². The molecule has 6 heteroatoms. The molecule has 3 aromatic rings. The molecule has 32 heavy (non-hydrogen) atoms. The van der Waals surface area contributed by atoms with Crippen molar-refractivity contribution in [2.45, 2.75) is 45.2 Å². The third-order valence-electron chi connectivity index (χ3n) is 6.05. The molecule has 0 aliphatic carbocycles. The zero-order valence-electron chi connectivity index (χ0n) is 18.4. The smallest absolute Gasteiger partial charge is 0.340 e. The summed E-state index contributed by atoms with van der Waals surface area (Å²) in [5, 5.41) is 0.915. The van der Waals surface area contributed by atoms with E-state index in [2.05, 4.69) is 4.90 Å². The molecule has 1 aromatic heterocycles. The fraction of sp³-hybridized carbons (Fsp3) is 0.346. The quantitative estimate of drug-likeness (QED) is 0.564. The van der Waals surface area contributed by atoms with Gasteiger partial charge in [0.15, 0.2) is 0 Å². The van der Waals surface area contributed by atoms with Gasteiger partial charge in [0.2, 0.25) is 5.91 Å². The van der Waals surface area contributed by atoms with Crippen LogP contribution >= 0.6 is 0 Å². The first-order valence-corrected chi connectivity index (χ1v) is 11.2. The Hall–Kier alpha value is -3.25. The van der Waals surface area contributed by atoms with Crippen LogP contribution in [-0.4, -0.2) is 41.0 Å². The van der Waals surface area contributed by atoms with Gasteiger partial charge >= 0.3 is 5.97 Å². The third-order valence-corrected chi connectivity index (χ3v) is 6.05. The summed E-state index contributed by atoms with van der Waals surface area (Å²) < 4.78 is 5.49. The van der Waals surface area contributed by atoms with Crippen molar-refractivity contribution >= 4 is 22.8 Å². The van der Waals surface area contributed by atoms with Crippen molar-refractivity contribution in [1.29, 1.82) is 0 Å². The number of hydrogen-bond donors (Lipinski definition) is 1. The highest BCUT2D eigenvalue weighted by Gasteiger charge is 2.29. The summed E-state index contributed by atoms with van der Waals surface area (Å²) in [4.78, 5) is 32.0. The lowest BCUT2D eigenvalue weighted by atomic mass is 9.93. The van der Waals surface area contributed by atoms with E-state index >= 15 is 0 Å². The summed E-state index contributed by atoms with van der Waals surface area (Å²) in [6, 6.07) is 17.8. The number of rotatable bonds is 7. The van der Waals surface area contributed by atoms with Gasteiger partial charge in [0.25, 0.3) is 0 Å². The van der Waals surface area contributed by atoms with E-state index in [1.807, 2.05) is 61.5 Å². The first kappa shape index (κ1) is 22.0. The fourth-order valence-corrected chi connectivity index (χ4v) is 4.63. The Morgan fingerprint density at radius 1 is 1.09 bits per heavy atom. The highest BCUT2D eigenvalue weighted by atomic mass is 16.5. The molecule has 4 rings (SSSR count). The fourth-order valence-electron chi connectivity index (χ4n) is 4.63. The van der Waals surface area contributed by atoms with E-state index in [4.69, 9.17) is 15.5 Å². The molecule has 2 aromatic carbocycles.